The van der Waals surface area contributed by atoms with Gasteiger partial charge in [-0.15, -0.1) is 10.2 Å². The van der Waals surface area contributed by atoms with Crippen LogP contribution in [-0.4, -0.2) is 33.1 Å². The van der Waals surface area contributed by atoms with E-state index in [1.807, 2.05) is 37.3 Å². The molecule has 18 heavy (non-hydrogen) atoms. The summed E-state index contributed by atoms with van der Waals surface area (Å²) in [6.07, 6.45) is 0. The molecule has 6 heteroatoms. The zero-order valence-corrected chi connectivity index (χ0v) is 10.9. The number of methoxy groups -OCH3 is 1. The monoisotopic (exact) mass is 260 g/mol. The van der Waals surface area contributed by atoms with E-state index in [2.05, 4.69) is 15.3 Å². The average molecular weight is 260 g/mol. The van der Waals surface area contributed by atoms with Gasteiger partial charge in [-0.05, 0) is 18.7 Å². The summed E-state index contributed by atoms with van der Waals surface area (Å²) in [5.74, 6) is 0.778. The van der Waals surface area contributed by atoms with Crippen LogP contribution in [0.25, 0.3) is 0 Å². The number of aromatic nitrogens is 3. The van der Waals surface area contributed by atoms with Gasteiger partial charge in [0.1, 0.15) is 5.71 Å². The highest BCUT2D eigenvalue weighted by Gasteiger charge is 2.27. The van der Waals surface area contributed by atoms with E-state index in [0.717, 1.165) is 22.3 Å². The Balaban J connectivity index is 2.11. The van der Waals surface area contributed by atoms with Crippen molar-refractivity contribution in [2.45, 2.75) is 17.5 Å². The quantitative estimate of drug-likeness (QED) is 0.827. The highest BCUT2D eigenvalue weighted by molar-refractivity contribution is 8.00. The molecule has 1 aromatic heterocycles. The van der Waals surface area contributed by atoms with Gasteiger partial charge in [-0.25, -0.2) is 0 Å². The van der Waals surface area contributed by atoms with E-state index in [9.17, 15) is 0 Å². The van der Waals surface area contributed by atoms with E-state index in [1.54, 1.807) is 11.8 Å². The van der Waals surface area contributed by atoms with Crippen molar-refractivity contribution in [1.29, 1.82) is 0 Å². The second-order valence-electron chi connectivity index (χ2n) is 3.88. The first kappa shape index (κ1) is 11.4. The molecule has 3 rings (SSSR count). The average Bonchev–Trinajstić information content (AvgIpc) is 2.79. The van der Waals surface area contributed by atoms with Crippen LogP contribution in [0.5, 0.6) is 0 Å². The molecule has 0 radical (unpaired) electrons. The summed E-state index contributed by atoms with van der Waals surface area (Å²) in [5.41, 5.74) is 1.79. The molecule has 0 saturated carbocycles. The van der Waals surface area contributed by atoms with Gasteiger partial charge < -0.3 is 4.74 Å². The number of ether oxygens (including phenoxy) is 1. The maximum atomic E-state index is 5.48. The van der Waals surface area contributed by atoms with Crippen LogP contribution in [-0.2, 0) is 4.74 Å². The van der Waals surface area contributed by atoms with E-state index in [4.69, 9.17) is 4.74 Å². The van der Waals surface area contributed by atoms with Gasteiger partial charge in [0.25, 0.3) is 0 Å². The number of nitrogens with zero attached hydrogens (tertiary/aromatic N) is 4. The summed E-state index contributed by atoms with van der Waals surface area (Å²) < 4.78 is 7.23. The van der Waals surface area contributed by atoms with Crippen LogP contribution >= 0.6 is 11.8 Å². The number of hydrogen-bond donors (Lipinski definition) is 0. The maximum Gasteiger partial charge on any atom is 0.214 e. The molecule has 0 saturated heterocycles. The Morgan fingerprint density at radius 2 is 2.00 bits per heavy atom. The lowest BCUT2D eigenvalue weighted by molar-refractivity contribution is 0.218. The zero-order chi connectivity index (χ0) is 12.5. The van der Waals surface area contributed by atoms with Gasteiger partial charge in [0.2, 0.25) is 5.16 Å². The molecule has 0 bridgehead atoms. The van der Waals surface area contributed by atoms with Crippen molar-refractivity contribution in [2.75, 3.05) is 7.11 Å². The molecule has 2 heterocycles. The lowest BCUT2D eigenvalue weighted by Gasteiger charge is -2.21. The van der Waals surface area contributed by atoms with Crippen LogP contribution < -0.4 is 0 Å². The van der Waals surface area contributed by atoms with E-state index in [1.165, 1.54) is 11.8 Å². The van der Waals surface area contributed by atoms with Crippen LogP contribution in [0, 0.1) is 6.92 Å². The Hall–Kier alpha value is -1.66. The highest BCUT2D eigenvalue weighted by atomic mass is 32.2. The van der Waals surface area contributed by atoms with E-state index in [0.29, 0.717) is 0 Å². The molecule has 0 spiro atoms. The van der Waals surface area contributed by atoms with Crippen LogP contribution in [0.2, 0.25) is 0 Å². The normalized spacial score (nSPS) is 18.3. The highest BCUT2D eigenvalue weighted by Crippen LogP contribution is 2.30. The molecule has 5 nitrogen and oxygen atoms in total. The standard InChI is InChI=1S/C12H12N4OS/c1-8-13-14-12-16(8)15-10(11(17-2)18-12)9-6-4-3-5-7-9/h3-7,11H,1-2H3. The fraction of sp³-hybridized carbons (Fsp3) is 0.250. The van der Waals surface area contributed by atoms with Crippen molar-refractivity contribution in [3.63, 3.8) is 0 Å². The Morgan fingerprint density at radius 1 is 1.22 bits per heavy atom. The molecule has 0 amide bonds. The van der Waals surface area contributed by atoms with E-state index >= 15 is 0 Å². The molecule has 2 aromatic rings. The first-order chi connectivity index (χ1) is 8.79. The Morgan fingerprint density at radius 3 is 2.72 bits per heavy atom. The molecule has 1 unspecified atom stereocenters. The summed E-state index contributed by atoms with van der Waals surface area (Å²) in [7, 11) is 1.68. The third-order valence-corrected chi connectivity index (χ3v) is 3.79. The molecular weight excluding hydrogens is 248 g/mol. The number of thioether (sulfide) groups is 1. The molecule has 1 aliphatic rings. The summed E-state index contributed by atoms with van der Waals surface area (Å²) in [5, 5.41) is 13.4. The lowest BCUT2D eigenvalue weighted by Crippen LogP contribution is -2.26. The van der Waals surface area contributed by atoms with Crippen LogP contribution in [0.15, 0.2) is 40.6 Å². The minimum atomic E-state index is -0.150. The second-order valence-corrected chi connectivity index (χ2v) is 4.91. The van der Waals surface area contributed by atoms with E-state index in [-0.39, 0.29) is 5.44 Å². The van der Waals surface area contributed by atoms with Gasteiger partial charge in [-0.1, -0.05) is 30.3 Å². The van der Waals surface area contributed by atoms with Crippen molar-refractivity contribution < 1.29 is 4.74 Å². The predicted octanol–water partition coefficient (Wildman–Crippen LogP) is 1.92. The van der Waals surface area contributed by atoms with Gasteiger partial charge in [-0.3, -0.25) is 0 Å². The first-order valence-electron chi connectivity index (χ1n) is 5.55. The molecule has 0 N–H and O–H groups in total. The van der Waals surface area contributed by atoms with Crippen molar-refractivity contribution in [3.05, 3.63) is 41.7 Å². The zero-order valence-electron chi connectivity index (χ0n) is 10.1. The van der Waals surface area contributed by atoms with E-state index < -0.39 is 0 Å². The summed E-state index contributed by atoms with van der Waals surface area (Å²) in [6.45, 7) is 1.89. The van der Waals surface area contributed by atoms with Crippen LogP contribution in [0.4, 0.5) is 0 Å². The number of aryl methyl sites for hydroxylation is 1. The SMILES string of the molecule is COC1Sc2nnc(C)n2N=C1c1ccccc1. The summed E-state index contributed by atoms with van der Waals surface area (Å²) >= 11 is 1.52. The summed E-state index contributed by atoms with van der Waals surface area (Å²) in [4.78, 5) is 0. The molecule has 1 aliphatic heterocycles. The van der Waals surface area contributed by atoms with Gasteiger partial charge in [-0.2, -0.15) is 9.78 Å². The third kappa shape index (κ3) is 1.83. The van der Waals surface area contributed by atoms with Crippen LogP contribution in [0.3, 0.4) is 0 Å². The van der Waals surface area contributed by atoms with Crippen molar-refractivity contribution >= 4 is 17.5 Å². The second kappa shape index (κ2) is 4.55. The molecule has 0 fully saturated rings. The molecule has 92 valence electrons. The predicted molar refractivity (Wildman–Crippen MR) is 69.8 cm³/mol. The van der Waals surface area contributed by atoms with Gasteiger partial charge in [0.15, 0.2) is 11.3 Å². The molecule has 0 aliphatic carbocycles. The maximum absolute atomic E-state index is 5.48. The Bertz CT molecular complexity index is 593. The van der Waals surface area contributed by atoms with Gasteiger partial charge in [0.05, 0.1) is 0 Å². The number of hydrogen-bond acceptors (Lipinski definition) is 5. The lowest BCUT2D eigenvalue weighted by atomic mass is 10.1. The molecular formula is C12H12N4OS. The largest absolute Gasteiger partial charge is 0.364 e. The number of rotatable bonds is 2. The minimum Gasteiger partial charge on any atom is -0.364 e. The van der Waals surface area contributed by atoms with Crippen molar-refractivity contribution in [1.82, 2.24) is 14.9 Å². The topological polar surface area (TPSA) is 52.3 Å². The summed E-state index contributed by atoms with van der Waals surface area (Å²) in [6, 6.07) is 10.0. The van der Waals surface area contributed by atoms with Crippen molar-refractivity contribution in [3.8, 4) is 0 Å². The number of benzene rings is 1. The fourth-order valence-electron chi connectivity index (χ4n) is 1.80. The first-order valence-corrected chi connectivity index (χ1v) is 6.43. The smallest absolute Gasteiger partial charge is 0.214 e. The third-order valence-electron chi connectivity index (χ3n) is 2.70. The van der Waals surface area contributed by atoms with Gasteiger partial charge >= 0.3 is 0 Å². The fourth-order valence-corrected chi connectivity index (χ4v) is 2.74. The Kier molecular flexibility index (Phi) is 2.89. The van der Waals surface area contributed by atoms with Crippen molar-refractivity contribution in [2.24, 2.45) is 5.10 Å². The number of fused-ring (bicyclic) bond motifs is 1. The minimum absolute atomic E-state index is 0.150. The molecule has 1 atom stereocenters. The van der Waals surface area contributed by atoms with Crippen LogP contribution in [0.1, 0.15) is 11.4 Å². The Labute approximate surface area is 109 Å². The molecule has 1 aromatic carbocycles. The van der Waals surface area contributed by atoms with Gasteiger partial charge in [0, 0.05) is 12.7 Å².